The molecule has 0 saturated carbocycles. The lowest BCUT2D eigenvalue weighted by atomic mass is 9.50. The van der Waals surface area contributed by atoms with E-state index in [1.807, 2.05) is 19.3 Å². The van der Waals surface area contributed by atoms with Crippen LogP contribution in [-0.2, 0) is 0 Å². The van der Waals surface area contributed by atoms with Gasteiger partial charge >= 0.3 is 0 Å². The molecule has 0 aromatic carbocycles. The molecule has 0 aliphatic rings. The maximum atomic E-state index is 5.30. The number of nitrogen functional groups attached to an aromatic ring is 1. The highest BCUT2D eigenvalue weighted by Gasteiger charge is 2.02. The van der Waals surface area contributed by atoms with Crippen molar-refractivity contribution >= 4 is 30.3 Å². The highest BCUT2D eigenvalue weighted by atomic mass is 15.0. The smallest absolute Gasteiger partial charge is 0.219 e. The third kappa shape index (κ3) is 5.38. The van der Waals surface area contributed by atoms with Crippen LogP contribution in [0.4, 0.5) is 5.95 Å². The summed E-state index contributed by atoms with van der Waals surface area (Å²) in [6.45, 7) is 11.3. The second-order valence-electron chi connectivity index (χ2n) is 5.25. The summed E-state index contributed by atoms with van der Waals surface area (Å²) >= 11 is 0. The number of hydrogen-bond donors (Lipinski definition) is 1. The van der Waals surface area contributed by atoms with E-state index in [-0.39, 0.29) is 0 Å². The van der Waals surface area contributed by atoms with Crippen molar-refractivity contribution in [2.45, 2.75) is 34.2 Å². The van der Waals surface area contributed by atoms with Crippen molar-refractivity contribution in [3.8, 4) is 0 Å². The molecule has 0 unspecified atom stereocenters. The first-order valence-corrected chi connectivity index (χ1v) is 6.76. The average molecular weight is 269 g/mol. The number of aromatic nitrogens is 4. The molecule has 2 aromatic rings. The van der Waals surface area contributed by atoms with E-state index >= 15 is 0 Å². The fourth-order valence-electron chi connectivity index (χ4n) is 1.35. The minimum Gasteiger partial charge on any atom is -0.368 e. The van der Waals surface area contributed by atoms with Gasteiger partial charge < -0.3 is 5.73 Å². The first kappa shape index (κ1) is 16.1. The lowest BCUT2D eigenvalue weighted by Gasteiger charge is -1.99. The lowest BCUT2D eigenvalue weighted by Crippen LogP contribution is -2.23. The summed E-state index contributed by atoms with van der Waals surface area (Å²) in [5.74, 6) is 1.17. The molecule has 0 radical (unpaired) electrons. The van der Waals surface area contributed by atoms with Gasteiger partial charge in [-0.2, -0.15) is 0 Å². The van der Waals surface area contributed by atoms with Gasteiger partial charge in [-0.3, -0.25) is 0 Å². The molecule has 0 spiro atoms. The Kier molecular flexibility index (Phi) is 6.15. The predicted molar refractivity (Wildman–Crippen MR) is 87.4 cm³/mol. The molecule has 0 atom stereocenters. The number of rotatable bonds is 2. The molecule has 0 fully saturated rings. The summed E-state index contributed by atoms with van der Waals surface area (Å²) in [7, 11) is 0. The first-order chi connectivity index (χ1) is 9.40. The molecular formula is C13H21B2N5. The molecule has 5 nitrogen and oxygen atoms in total. The fraction of sp³-hybridized carbons (Fsp3) is 0.385. The zero-order chi connectivity index (χ0) is 15.1. The van der Waals surface area contributed by atoms with Crippen molar-refractivity contribution in [2.75, 3.05) is 5.73 Å². The minimum atomic E-state index is 0.337. The molecule has 2 N–H and O–H groups in total. The van der Waals surface area contributed by atoms with E-state index in [2.05, 4.69) is 47.2 Å². The molecule has 0 bridgehead atoms. The van der Waals surface area contributed by atoms with Crippen molar-refractivity contribution in [2.24, 2.45) is 0 Å². The van der Waals surface area contributed by atoms with Crippen molar-refractivity contribution in [1.29, 1.82) is 0 Å². The third-order valence-electron chi connectivity index (χ3n) is 2.83. The van der Waals surface area contributed by atoms with Crippen molar-refractivity contribution < 1.29 is 0 Å². The van der Waals surface area contributed by atoms with Crippen LogP contribution in [0, 0.1) is 6.92 Å². The van der Waals surface area contributed by atoms with Gasteiger partial charge in [0.2, 0.25) is 5.95 Å². The molecule has 104 valence electrons. The van der Waals surface area contributed by atoms with Crippen LogP contribution in [0.5, 0.6) is 0 Å². The van der Waals surface area contributed by atoms with Gasteiger partial charge in [0.05, 0.1) is 0 Å². The molecule has 2 rings (SSSR count). The van der Waals surface area contributed by atoms with E-state index in [4.69, 9.17) is 5.73 Å². The first-order valence-electron chi connectivity index (χ1n) is 6.76. The highest BCUT2D eigenvalue weighted by molar-refractivity contribution is 6.70. The number of hydrogen-bond acceptors (Lipinski definition) is 5. The topological polar surface area (TPSA) is 77.6 Å². The number of aryl methyl sites for hydroxylation is 1. The Morgan fingerprint density at radius 2 is 1.10 bits per heavy atom. The van der Waals surface area contributed by atoms with E-state index in [1.54, 1.807) is 12.4 Å². The van der Waals surface area contributed by atoms with Crippen LogP contribution in [0.15, 0.2) is 24.8 Å². The Hall–Kier alpha value is -1.91. The minimum absolute atomic E-state index is 0.337. The molecule has 2 aromatic heterocycles. The van der Waals surface area contributed by atoms with E-state index in [9.17, 15) is 0 Å². The van der Waals surface area contributed by atoms with E-state index in [0.29, 0.717) is 19.4 Å². The second-order valence-corrected chi connectivity index (χ2v) is 5.25. The largest absolute Gasteiger partial charge is 0.368 e. The summed E-state index contributed by atoms with van der Waals surface area (Å²) in [4.78, 5) is 15.9. The maximum absolute atomic E-state index is 5.30. The molecule has 20 heavy (non-hydrogen) atoms. The molecule has 2 heterocycles. The summed E-state index contributed by atoms with van der Waals surface area (Å²) in [6.07, 6.45) is 7.28. The highest BCUT2D eigenvalue weighted by Crippen LogP contribution is 1.86. The van der Waals surface area contributed by atoms with Gasteiger partial charge in [-0.25, -0.2) is 19.9 Å². The van der Waals surface area contributed by atoms with Gasteiger partial charge in [0.1, 0.15) is 5.82 Å². The number of nitrogens with zero attached hydrogens (tertiary/aromatic N) is 4. The quantitative estimate of drug-likeness (QED) is 0.814. The third-order valence-corrected chi connectivity index (χ3v) is 2.83. The van der Waals surface area contributed by atoms with Crippen LogP contribution >= 0.6 is 0 Å². The summed E-state index contributed by atoms with van der Waals surface area (Å²) < 4.78 is 0. The van der Waals surface area contributed by atoms with Gasteiger partial charge in [0.15, 0.2) is 13.4 Å². The lowest BCUT2D eigenvalue weighted by molar-refractivity contribution is 1.06. The van der Waals surface area contributed by atoms with Crippen LogP contribution in [-0.4, -0.2) is 33.4 Å². The maximum Gasteiger partial charge on any atom is 0.219 e. The van der Waals surface area contributed by atoms with Gasteiger partial charge in [-0.1, -0.05) is 27.3 Å². The Balaban J connectivity index is 0.000000200. The summed E-state index contributed by atoms with van der Waals surface area (Å²) in [5.41, 5.74) is 7.62. The molecular weight excluding hydrogens is 248 g/mol. The van der Waals surface area contributed by atoms with Gasteiger partial charge in [0.25, 0.3) is 0 Å². The van der Waals surface area contributed by atoms with Crippen LogP contribution in [0.2, 0.25) is 27.3 Å². The van der Waals surface area contributed by atoms with Crippen LogP contribution in [0.1, 0.15) is 5.82 Å². The average Bonchev–Trinajstić information content (AvgIpc) is 2.40. The standard InChI is InChI=1S/C7H11BN2.C6H10BN3/c1-6-9-4-7(5-10-6)8(2)3;1-7(2)5-3-9-6(8)10-4-5/h4-5H,1-3H3;3-4H,1-2H3,(H2,8,9,10). The second kappa shape index (κ2) is 7.62. The molecule has 0 aliphatic carbocycles. The monoisotopic (exact) mass is 269 g/mol. The molecule has 0 aliphatic heterocycles. The van der Waals surface area contributed by atoms with Gasteiger partial charge in [-0.05, 0) is 17.8 Å². The van der Waals surface area contributed by atoms with E-state index in [1.165, 1.54) is 5.46 Å². The zero-order valence-electron chi connectivity index (χ0n) is 12.8. The van der Waals surface area contributed by atoms with Gasteiger partial charge in [0, 0.05) is 24.8 Å². The van der Waals surface area contributed by atoms with Crippen LogP contribution in [0.25, 0.3) is 0 Å². The Morgan fingerprint density at radius 3 is 1.45 bits per heavy atom. The predicted octanol–water partition coefficient (Wildman–Crippen LogP) is 0.767. The normalized spacial score (nSPS) is 9.45. The summed E-state index contributed by atoms with van der Waals surface area (Å²) in [5, 5.41) is 0. The van der Waals surface area contributed by atoms with Crippen molar-refractivity contribution in [3.05, 3.63) is 30.6 Å². The van der Waals surface area contributed by atoms with Crippen molar-refractivity contribution in [3.63, 3.8) is 0 Å². The Labute approximate surface area is 121 Å². The number of nitrogens with two attached hydrogens (primary N) is 1. The molecule has 7 heteroatoms. The zero-order valence-corrected chi connectivity index (χ0v) is 12.8. The van der Waals surface area contributed by atoms with E-state index < -0.39 is 0 Å². The number of anilines is 1. The Bertz CT molecular complexity index is 462. The Morgan fingerprint density at radius 1 is 0.750 bits per heavy atom. The van der Waals surface area contributed by atoms with Gasteiger partial charge in [-0.15, -0.1) is 0 Å². The van der Waals surface area contributed by atoms with Crippen LogP contribution < -0.4 is 16.7 Å². The molecule has 0 saturated heterocycles. The van der Waals surface area contributed by atoms with E-state index in [0.717, 1.165) is 11.3 Å². The fourth-order valence-corrected chi connectivity index (χ4v) is 1.35. The summed E-state index contributed by atoms with van der Waals surface area (Å²) in [6, 6.07) is 0. The van der Waals surface area contributed by atoms with Crippen molar-refractivity contribution in [1.82, 2.24) is 19.9 Å². The SMILES string of the molecule is CB(C)c1cnc(C)nc1.CB(C)c1cnc(N)nc1. The van der Waals surface area contributed by atoms with Crippen LogP contribution in [0.3, 0.4) is 0 Å². The molecule has 0 amide bonds.